The number of rotatable bonds is 2. The first-order valence-corrected chi connectivity index (χ1v) is 9.22. The molecule has 1 aromatic heterocycles. The lowest BCUT2D eigenvalue weighted by Gasteiger charge is -2.17. The lowest BCUT2D eigenvalue weighted by Crippen LogP contribution is -2.33. The number of hydrogen-bond acceptors (Lipinski definition) is 3. The normalized spacial score (nSPS) is 25.4. The lowest BCUT2D eigenvalue weighted by atomic mass is 9.98. The predicted octanol–water partition coefficient (Wildman–Crippen LogP) is 4.30. The number of likely N-dealkylation sites (tertiary alicyclic amines) is 1. The minimum Gasteiger partial charge on any atom is -0.337 e. The Balaban J connectivity index is 0.00000169. The van der Waals surface area contributed by atoms with E-state index in [9.17, 15) is 4.79 Å². The summed E-state index contributed by atoms with van der Waals surface area (Å²) in [5, 5.41) is 0.724. The minimum absolute atomic E-state index is 0. The van der Waals surface area contributed by atoms with Crippen molar-refractivity contribution in [2.75, 3.05) is 13.1 Å². The van der Waals surface area contributed by atoms with Crippen LogP contribution in [0.1, 0.15) is 22.5 Å². The highest BCUT2D eigenvalue weighted by Gasteiger charge is 2.42. The third-order valence-electron chi connectivity index (χ3n) is 5.15. The first-order valence-electron chi connectivity index (χ1n) is 8.02. The number of benzene rings is 1. The Morgan fingerprint density at radius 1 is 1.12 bits per heavy atom. The highest BCUT2D eigenvalue weighted by molar-refractivity contribution is 7.17. The lowest BCUT2D eigenvalue weighted by molar-refractivity contribution is 0.0784. The van der Waals surface area contributed by atoms with E-state index in [1.807, 2.05) is 41.3 Å². The number of carbonyl (C=O) groups is 1. The van der Waals surface area contributed by atoms with Crippen molar-refractivity contribution in [2.24, 2.45) is 17.6 Å². The maximum Gasteiger partial charge on any atom is 0.263 e. The standard InChI is InChI=1S/C18H19ClN2OS.ClH/c19-13-4-1-11(2-5-13)16-7-8-17(23-16)18(22)21-9-12-3-6-15(20)14(12)10-21;/h1-2,4-5,7-8,12,14-15H,3,6,9-10,20H2;1H. The molecule has 0 bridgehead atoms. The van der Waals surface area contributed by atoms with E-state index in [1.165, 1.54) is 0 Å². The van der Waals surface area contributed by atoms with E-state index in [-0.39, 0.29) is 24.4 Å². The van der Waals surface area contributed by atoms with Gasteiger partial charge < -0.3 is 10.6 Å². The third-order valence-corrected chi connectivity index (χ3v) is 6.52. The molecule has 2 fully saturated rings. The summed E-state index contributed by atoms with van der Waals surface area (Å²) in [5.74, 6) is 1.25. The maximum atomic E-state index is 12.8. The van der Waals surface area contributed by atoms with Gasteiger partial charge in [0.2, 0.25) is 0 Å². The molecule has 2 N–H and O–H groups in total. The molecule has 24 heavy (non-hydrogen) atoms. The van der Waals surface area contributed by atoms with E-state index in [1.54, 1.807) is 11.3 Å². The molecule has 128 valence electrons. The molecule has 1 amide bonds. The van der Waals surface area contributed by atoms with Crippen LogP contribution in [0.3, 0.4) is 0 Å². The van der Waals surface area contributed by atoms with Crippen LogP contribution >= 0.6 is 35.3 Å². The molecule has 2 heterocycles. The number of amides is 1. The summed E-state index contributed by atoms with van der Waals surface area (Å²) in [7, 11) is 0. The Hall–Kier alpha value is -1.07. The summed E-state index contributed by atoms with van der Waals surface area (Å²) >= 11 is 7.48. The van der Waals surface area contributed by atoms with Crippen molar-refractivity contribution in [1.29, 1.82) is 0 Å². The molecule has 6 heteroatoms. The number of nitrogens with zero attached hydrogens (tertiary/aromatic N) is 1. The van der Waals surface area contributed by atoms with Gasteiger partial charge in [-0.3, -0.25) is 4.79 Å². The zero-order valence-electron chi connectivity index (χ0n) is 13.2. The molecule has 2 aliphatic rings. The molecule has 2 aromatic rings. The second kappa shape index (κ2) is 7.04. The van der Waals surface area contributed by atoms with E-state index in [4.69, 9.17) is 17.3 Å². The van der Waals surface area contributed by atoms with Gasteiger partial charge in [-0.1, -0.05) is 23.7 Å². The Bertz CT molecular complexity index is 731. The first kappa shape index (κ1) is 17.7. The second-order valence-electron chi connectivity index (χ2n) is 6.55. The molecule has 1 saturated heterocycles. The zero-order chi connectivity index (χ0) is 16.0. The summed E-state index contributed by atoms with van der Waals surface area (Å²) in [5.41, 5.74) is 7.26. The summed E-state index contributed by atoms with van der Waals surface area (Å²) in [6.07, 6.45) is 2.27. The first-order chi connectivity index (χ1) is 11.1. The topological polar surface area (TPSA) is 46.3 Å². The van der Waals surface area contributed by atoms with Gasteiger partial charge in [0, 0.05) is 29.0 Å². The fraction of sp³-hybridized carbons (Fsp3) is 0.389. The molecule has 1 aliphatic carbocycles. The minimum atomic E-state index is 0. The predicted molar refractivity (Wildman–Crippen MR) is 102 cm³/mol. The van der Waals surface area contributed by atoms with Crippen LogP contribution in [0.4, 0.5) is 0 Å². The largest absolute Gasteiger partial charge is 0.337 e. The number of fused-ring (bicyclic) bond motifs is 1. The average Bonchev–Trinajstić information content (AvgIpc) is 3.25. The van der Waals surface area contributed by atoms with Crippen molar-refractivity contribution in [2.45, 2.75) is 18.9 Å². The third kappa shape index (κ3) is 3.21. The Morgan fingerprint density at radius 2 is 1.88 bits per heavy atom. The molecule has 3 nitrogen and oxygen atoms in total. The van der Waals surface area contributed by atoms with Crippen molar-refractivity contribution in [3.05, 3.63) is 46.3 Å². The quantitative estimate of drug-likeness (QED) is 0.841. The van der Waals surface area contributed by atoms with Gasteiger partial charge >= 0.3 is 0 Å². The van der Waals surface area contributed by atoms with Crippen molar-refractivity contribution in [3.63, 3.8) is 0 Å². The summed E-state index contributed by atoms with van der Waals surface area (Å²) < 4.78 is 0. The fourth-order valence-corrected chi connectivity index (χ4v) is 4.96. The smallest absolute Gasteiger partial charge is 0.263 e. The van der Waals surface area contributed by atoms with Crippen LogP contribution in [0.5, 0.6) is 0 Å². The summed E-state index contributed by atoms with van der Waals surface area (Å²) in [6, 6.07) is 12.0. The van der Waals surface area contributed by atoms with E-state index < -0.39 is 0 Å². The second-order valence-corrected chi connectivity index (χ2v) is 8.07. The molecule has 0 spiro atoms. The van der Waals surface area contributed by atoms with Crippen LogP contribution in [-0.2, 0) is 0 Å². The number of nitrogens with two attached hydrogens (primary N) is 1. The Labute approximate surface area is 157 Å². The van der Waals surface area contributed by atoms with Crippen molar-refractivity contribution >= 4 is 41.3 Å². The molecule has 4 rings (SSSR count). The van der Waals surface area contributed by atoms with Gasteiger partial charge in [-0.2, -0.15) is 0 Å². The summed E-state index contributed by atoms with van der Waals surface area (Å²) in [4.78, 5) is 16.7. The fourth-order valence-electron chi connectivity index (χ4n) is 3.85. The van der Waals surface area contributed by atoms with Crippen LogP contribution in [0.25, 0.3) is 10.4 Å². The van der Waals surface area contributed by atoms with Gasteiger partial charge in [-0.05, 0) is 54.5 Å². The maximum absolute atomic E-state index is 12.8. The highest BCUT2D eigenvalue weighted by Crippen LogP contribution is 2.38. The monoisotopic (exact) mass is 382 g/mol. The molecule has 1 saturated carbocycles. The average molecular weight is 383 g/mol. The van der Waals surface area contributed by atoms with Crippen molar-refractivity contribution in [1.82, 2.24) is 4.90 Å². The number of carbonyl (C=O) groups excluding carboxylic acids is 1. The van der Waals surface area contributed by atoms with E-state index in [0.29, 0.717) is 11.8 Å². The van der Waals surface area contributed by atoms with Gasteiger partial charge in [-0.25, -0.2) is 0 Å². The van der Waals surface area contributed by atoms with Crippen LogP contribution < -0.4 is 5.73 Å². The molecule has 0 radical (unpaired) electrons. The number of thiophene rings is 1. The van der Waals surface area contributed by atoms with Crippen LogP contribution in [0.2, 0.25) is 5.02 Å². The van der Waals surface area contributed by atoms with Gasteiger partial charge in [0.1, 0.15) is 0 Å². The zero-order valence-corrected chi connectivity index (χ0v) is 15.5. The van der Waals surface area contributed by atoms with Crippen LogP contribution in [-0.4, -0.2) is 29.9 Å². The van der Waals surface area contributed by atoms with Gasteiger partial charge in [-0.15, -0.1) is 23.7 Å². The van der Waals surface area contributed by atoms with Gasteiger partial charge in [0.05, 0.1) is 4.88 Å². The number of halogens is 2. The van der Waals surface area contributed by atoms with E-state index >= 15 is 0 Å². The van der Waals surface area contributed by atoms with Crippen molar-refractivity contribution < 1.29 is 4.79 Å². The molecular weight excluding hydrogens is 363 g/mol. The van der Waals surface area contributed by atoms with E-state index in [0.717, 1.165) is 46.3 Å². The van der Waals surface area contributed by atoms with Crippen LogP contribution in [0.15, 0.2) is 36.4 Å². The Morgan fingerprint density at radius 3 is 2.58 bits per heavy atom. The van der Waals surface area contributed by atoms with Gasteiger partial charge in [0.25, 0.3) is 5.91 Å². The molecule has 3 atom stereocenters. The Kier molecular flexibility index (Phi) is 5.21. The van der Waals surface area contributed by atoms with Crippen molar-refractivity contribution in [3.8, 4) is 10.4 Å². The van der Waals surface area contributed by atoms with Gasteiger partial charge in [0.15, 0.2) is 0 Å². The molecule has 1 aromatic carbocycles. The summed E-state index contributed by atoms with van der Waals surface area (Å²) in [6.45, 7) is 1.68. The van der Waals surface area contributed by atoms with E-state index in [2.05, 4.69) is 0 Å². The molecule has 3 unspecified atom stereocenters. The number of hydrogen-bond donors (Lipinski definition) is 1. The van der Waals surface area contributed by atoms with Crippen LogP contribution in [0, 0.1) is 11.8 Å². The molecular formula is C18H20Cl2N2OS. The SMILES string of the molecule is Cl.NC1CCC2CN(C(=O)c3ccc(-c4ccc(Cl)cc4)s3)CC12. The molecule has 1 aliphatic heterocycles. The highest BCUT2D eigenvalue weighted by atomic mass is 35.5.